The van der Waals surface area contributed by atoms with Gasteiger partial charge in [0.25, 0.3) is 0 Å². The minimum absolute atomic E-state index is 0.0502. The van der Waals surface area contributed by atoms with Crippen LogP contribution >= 0.6 is 0 Å². The quantitative estimate of drug-likeness (QED) is 0.669. The first-order valence-electron chi connectivity index (χ1n) is 4.73. The molecule has 0 aliphatic heterocycles. The number of nitrogens with zero attached hydrogens (tertiary/aromatic N) is 1. The normalized spacial score (nSPS) is 12.7. The number of anilines is 1. The molecule has 98 valence electrons. The van der Waals surface area contributed by atoms with Gasteiger partial charge in [-0.1, -0.05) is 6.07 Å². The summed E-state index contributed by atoms with van der Waals surface area (Å²) < 4.78 is 41.8. The van der Waals surface area contributed by atoms with Gasteiger partial charge in [0.05, 0.1) is 7.11 Å². The highest BCUT2D eigenvalue weighted by Crippen LogP contribution is 2.26. The van der Waals surface area contributed by atoms with Gasteiger partial charge in [-0.2, -0.15) is 13.2 Å². The van der Waals surface area contributed by atoms with Crippen molar-refractivity contribution in [3.8, 4) is 0 Å². The van der Waals surface area contributed by atoms with Gasteiger partial charge in [0.15, 0.2) is 0 Å². The molecule has 0 saturated heterocycles. The monoisotopic (exact) mass is 262 g/mol. The fourth-order valence-corrected chi connectivity index (χ4v) is 1.21. The Balaban J connectivity index is 2.96. The number of carbonyl (C=O) groups excluding carboxylic acids is 1. The summed E-state index contributed by atoms with van der Waals surface area (Å²) in [5, 5.41) is 4.52. The Hall–Kier alpha value is -2.12. The fourth-order valence-electron chi connectivity index (χ4n) is 1.21. The van der Waals surface area contributed by atoms with Gasteiger partial charge in [-0.25, -0.2) is 4.79 Å². The van der Waals surface area contributed by atoms with E-state index in [2.05, 4.69) is 9.91 Å². The summed E-state index contributed by atoms with van der Waals surface area (Å²) in [6.45, 7) is 0. The average Bonchev–Trinajstić information content (AvgIpc) is 2.34. The molecule has 0 bridgehead atoms. The molecule has 1 unspecified atom stereocenters. The van der Waals surface area contributed by atoms with Crippen LogP contribution in [0.3, 0.4) is 0 Å². The minimum Gasteiger partial charge on any atom is -0.467 e. The van der Waals surface area contributed by atoms with Crippen LogP contribution in [0.15, 0.2) is 29.4 Å². The van der Waals surface area contributed by atoms with Crippen LogP contribution in [0.5, 0.6) is 0 Å². The van der Waals surface area contributed by atoms with Gasteiger partial charge in [0, 0.05) is 5.69 Å². The molecule has 1 atom stereocenters. The number of nitrogens with one attached hydrogen (secondary N) is 1. The largest absolute Gasteiger partial charge is 0.467 e. The van der Waals surface area contributed by atoms with Crippen molar-refractivity contribution in [2.45, 2.75) is 12.2 Å². The third-order valence-electron chi connectivity index (χ3n) is 2.03. The number of hydrogen-bond acceptors (Lipinski definition) is 5. The zero-order valence-corrected chi connectivity index (χ0v) is 9.19. The van der Waals surface area contributed by atoms with Crippen molar-refractivity contribution in [1.82, 2.24) is 0 Å². The van der Waals surface area contributed by atoms with Crippen molar-refractivity contribution in [2.24, 2.45) is 5.18 Å². The highest BCUT2D eigenvalue weighted by Gasteiger charge is 2.46. The number of esters is 1. The highest BCUT2D eigenvalue weighted by atomic mass is 19.4. The number of carbonyl (C=O) groups is 1. The molecule has 0 aromatic heterocycles. The number of halogens is 3. The van der Waals surface area contributed by atoms with Crippen LogP contribution in [0.2, 0.25) is 0 Å². The van der Waals surface area contributed by atoms with Crippen molar-refractivity contribution in [2.75, 3.05) is 12.4 Å². The summed E-state index contributed by atoms with van der Waals surface area (Å²) in [7, 11) is 0.853. The minimum atomic E-state index is -4.81. The van der Waals surface area contributed by atoms with Crippen LogP contribution in [-0.4, -0.2) is 25.3 Å². The molecular weight excluding hydrogens is 253 g/mol. The molecule has 0 saturated carbocycles. The summed E-state index contributed by atoms with van der Waals surface area (Å²) in [5.74, 6) is -1.47. The van der Waals surface area contributed by atoms with Gasteiger partial charge in [0.1, 0.15) is 5.69 Å². The highest BCUT2D eigenvalue weighted by molar-refractivity contribution is 5.80. The number of rotatable bonds is 4. The van der Waals surface area contributed by atoms with Crippen molar-refractivity contribution in [3.63, 3.8) is 0 Å². The average molecular weight is 262 g/mol. The first-order valence-corrected chi connectivity index (χ1v) is 4.73. The van der Waals surface area contributed by atoms with Crippen LogP contribution in [0.1, 0.15) is 0 Å². The summed E-state index contributed by atoms with van der Waals surface area (Å²) in [5.41, 5.74) is -0.106. The van der Waals surface area contributed by atoms with Gasteiger partial charge in [-0.15, -0.1) is 4.91 Å². The maximum Gasteiger partial charge on any atom is 0.419 e. The SMILES string of the molecule is COC(=O)C(Nc1cccc(N=O)c1)C(F)(F)F. The van der Waals surface area contributed by atoms with E-state index >= 15 is 0 Å². The summed E-state index contributed by atoms with van der Waals surface area (Å²) in [6, 6.07) is 2.53. The zero-order chi connectivity index (χ0) is 13.8. The van der Waals surface area contributed by atoms with Gasteiger partial charge in [0.2, 0.25) is 6.04 Å². The lowest BCUT2D eigenvalue weighted by atomic mass is 10.2. The van der Waals surface area contributed by atoms with Gasteiger partial charge >= 0.3 is 12.1 Å². The topological polar surface area (TPSA) is 67.8 Å². The maximum atomic E-state index is 12.6. The Morgan fingerprint density at radius 2 is 2.11 bits per heavy atom. The maximum absolute atomic E-state index is 12.6. The van der Waals surface area contributed by atoms with Crippen LogP contribution in [0.4, 0.5) is 24.5 Å². The van der Waals surface area contributed by atoms with E-state index in [0.29, 0.717) is 0 Å². The van der Waals surface area contributed by atoms with E-state index in [-0.39, 0.29) is 11.4 Å². The lowest BCUT2D eigenvalue weighted by molar-refractivity contribution is -0.173. The number of hydrogen-bond donors (Lipinski definition) is 1. The third-order valence-corrected chi connectivity index (χ3v) is 2.03. The predicted molar refractivity (Wildman–Crippen MR) is 57.4 cm³/mol. The molecule has 0 aliphatic rings. The molecule has 1 rings (SSSR count). The summed E-state index contributed by atoms with van der Waals surface area (Å²) >= 11 is 0. The lowest BCUT2D eigenvalue weighted by Gasteiger charge is -2.20. The van der Waals surface area contributed by atoms with Crippen LogP contribution in [-0.2, 0) is 9.53 Å². The number of alkyl halides is 3. The van der Waals surface area contributed by atoms with E-state index in [1.165, 1.54) is 18.2 Å². The molecule has 8 heteroatoms. The molecule has 1 aromatic carbocycles. The second-order valence-electron chi connectivity index (χ2n) is 3.28. The smallest absolute Gasteiger partial charge is 0.419 e. The Morgan fingerprint density at radius 3 is 2.61 bits per heavy atom. The Kier molecular flexibility index (Phi) is 4.24. The number of benzene rings is 1. The number of ether oxygens (including phenoxy) is 1. The molecule has 0 radical (unpaired) electrons. The molecule has 0 amide bonds. The Labute approximate surface area is 99.9 Å². The second kappa shape index (κ2) is 5.48. The van der Waals surface area contributed by atoms with Crippen molar-refractivity contribution < 1.29 is 22.7 Å². The molecule has 18 heavy (non-hydrogen) atoms. The van der Waals surface area contributed by atoms with E-state index in [0.717, 1.165) is 13.2 Å². The van der Waals surface area contributed by atoms with Gasteiger partial charge < -0.3 is 10.1 Å². The zero-order valence-electron chi connectivity index (χ0n) is 9.19. The summed E-state index contributed by atoms with van der Waals surface area (Å²) in [6.07, 6.45) is -4.81. The van der Waals surface area contributed by atoms with Gasteiger partial charge in [-0.05, 0) is 23.4 Å². The third kappa shape index (κ3) is 3.44. The van der Waals surface area contributed by atoms with E-state index in [4.69, 9.17) is 0 Å². The van der Waals surface area contributed by atoms with Crippen LogP contribution < -0.4 is 5.32 Å². The van der Waals surface area contributed by atoms with Gasteiger partial charge in [-0.3, -0.25) is 0 Å². The van der Waals surface area contributed by atoms with E-state index in [1.807, 2.05) is 5.32 Å². The number of nitroso groups, excluding NO2 is 1. The van der Waals surface area contributed by atoms with Crippen LogP contribution in [0, 0.1) is 4.91 Å². The molecular formula is C10H9F3N2O3. The predicted octanol–water partition coefficient (Wildman–Crippen LogP) is 2.60. The van der Waals surface area contributed by atoms with Crippen molar-refractivity contribution in [3.05, 3.63) is 29.2 Å². The van der Waals surface area contributed by atoms with E-state index in [9.17, 15) is 22.9 Å². The molecule has 1 aromatic rings. The Bertz CT molecular complexity index is 448. The Morgan fingerprint density at radius 1 is 1.44 bits per heavy atom. The number of methoxy groups -OCH3 is 1. The van der Waals surface area contributed by atoms with Crippen molar-refractivity contribution in [1.29, 1.82) is 0 Å². The molecule has 0 spiro atoms. The van der Waals surface area contributed by atoms with E-state index in [1.54, 1.807) is 0 Å². The standard InChI is InChI=1S/C10H9F3N2O3/c1-18-9(16)8(10(11,12)13)14-6-3-2-4-7(5-6)15-17/h2-5,8,14H,1H3. The first kappa shape index (κ1) is 13.9. The molecule has 0 fully saturated rings. The van der Waals surface area contributed by atoms with E-state index < -0.39 is 18.2 Å². The second-order valence-corrected chi connectivity index (χ2v) is 3.28. The molecule has 1 N–H and O–H groups in total. The lowest BCUT2D eigenvalue weighted by Crippen LogP contribution is -2.43. The van der Waals surface area contributed by atoms with Crippen molar-refractivity contribution >= 4 is 17.3 Å². The fraction of sp³-hybridized carbons (Fsp3) is 0.300. The first-order chi connectivity index (χ1) is 8.38. The van der Waals surface area contributed by atoms with Crippen LogP contribution in [0.25, 0.3) is 0 Å². The molecule has 5 nitrogen and oxygen atoms in total. The molecule has 0 heterocycles. The molecule has 0 aliphatic carbocycles. The summed E-state index contributed by atoms with van der Waals surface area (Å²) in [4.78, 5) is 21.3.